The molecule has 0 bridgehead atoms. The highest BCUT2D eigenvalue weighted by Crippen LogP contribution is 2.47. The molecular formula is C37H26N4. The minimum atomic E-state index is 0.889. The Bertz CT molecular complexity index is 2120. The van der Waals surface area contributed by atoms with Crippen LogP contribution in [0.2, 0.25) is 0 Å². The van der Waals surface area contributed by atoms with Gasteiger partial charge in [-0.1, -0.05) is 73.3 Å². The van der Waals surface area contributed by atoms with Crippen LogP contribution in [0.25, 0.3) is 68.3 Å². The minimum Gasteiger partial charge on any atom is -0.248 e. The van der Waals surface area contributed by atoms with E-state index >= 15 is 0 Å². The van der Waals surface area contributed by atoms with Gasteiger partial charge in [-0.05, 0) is 66.9 Å². The van der Waals surface area contributed by atoms with E-state index in [-0.39, 0.29) is 0 Å². The lowest BCUT2D eigenvalue weighted by Gasteiger charge is -2.22. The molecule has 0 aliphatic heterocycles. The van der Waals surface area contributed by atoms with Crippen molar-refractivity contribution in [1.82, 2.24) is 19.9 Å². The normalized spacial score (nSPS) is 16.5. The summed E-state index contributed by atoms with van der Waals surface area (Å²) in [5, 5.41) is 2.52. The first-order valence-electron chi connectivity index (χ1n) is 14.4. The average molecular weight is 527 g/mol. The third kappa shape index (κ3) is 3.10. The maximum absolute atomic E-state index is 5.22. The summed E-state index contributed by atoms with van der Waals surface area (Å²) in [4.78, 5) is 20.8. The molecule has 4 nitrogen and oxygen atoms in total. The van der Waals surface area contributed by atoms with Crippen molar-refractivity contribution in [3.63, 3.8) is 0 Å². The average Bonchev–Trinajstić information content (AvgIpc) is 3.51. The van der Waals surface area contributed by atoms with E-state index in [1.807, 2.05) is 6.08 Å². The smallest absolute Gasteiger partial charge is 0.0979 e. The van der Waals surface area contributed by atoms with E-state index in [4.69, 9.17) is 19.9 Å². The number of hydrogen-bond acceptors (Lipinski definition) is 4. The summed E-state index contributed by atoms with van der Waals surface area (Å²) in [7, 11) is 0. The number of allylic oxidation sites excluding steroid dienone is 3. The maximum atomic E-state index is 5.22. The van der Waals surface area contributed by atoms with Gasteiger partial charge in [0, 0.05) is 33.2 Å². The maximum Gasteiger partial charge on any atom is 0.0979 e. The molecule has 4 heteroatoms. The molecular weight excluding hydrogens is 500 g/mol. The zero-order valence-corrected chi connectivity index (χ0v) is 22.8. The summed E-state index contributed by atoms with van der Waals surface area (Å²) in [6, 6.07) is 19.3. The van der Waals surface area contributed by atoms with Gasteiger partial charge in [-0.2, -0.15) is 0 Å². The predicted octanol–water partition coefficient (Wildman–Crippen LogP) is 8.50. The molecule has 194 valence electrons. The number of rotatable bonds is 2. The summed E-state index contributed by atoms with van der Waals surface area (Å²) >= 11 is 0. The molecule has 0 saturated heterocycles. The fourth-order valence-corrected chi connectivity index (χ4v) is 7.18. The molecule has 3 aromatic carbocycles. The van der Waals surface area contributed by atoms with Crippen molar-refractivity contribution >= 4 is 34.6 Å². The monoisotopic (exact) mass is 526 g/mol. The van der Waals surface area contributed by atoms with Crippen LogP contribution in [-0.4, -0.2) is 19.9 Å². The number of benzene rings is 3. The van der Waals surface area contributed by atoms with E-state index in [1.54, 1.807) is 0 Å². The third-order valence-electron chi connectivity index (χ3n) is 9.09. The van der Waals surface area contributed by atoms with Crippen molar-refractivity contribution in [1.29, 1.82) is 0 Å². The molecule has 0 atom stereocenters. The topological polar surface area (TPSA) is 51.6 Å². The standard InChI is InChI=1S/C37H26N4/c1-3-20-8-5-11-25-32(20)24(4-2)34-35(25)40-30-18-22(14-16-28(30)38-34)23-15-17-29-31(19-23)41-37-27-13-7-10-21-9-6-12-26(33(21)27)36(37)39-29/h3-13,18-19H,1,14-17H2,2H3/b24-4+. The van der Waals surface area contributed by atoms with Crippen molar-refractivity contribution in [3.8, 4) is 33.8 Å². The van der Waals surface area contributed by atoms with Crippen molar-refractivity contribution < 1.29 is 0 Å². The van der Waals surface area contributed by atoms with Gasteiger partial charge < -0.3 is 0 Å². The Morgan fingerprint density at radius 3 is 1.83 bits per heavy atom. The predicted molar refractivity (Wildman–Crippen MR) is 167 cm³/mol. The van der Waals surface area contributed by atoms with Gasteiger partial charge >= 0.3 is 0 Å². The molecule has 0 spiro atoms. The van der Waals surface area contributed by atoms with Crippen LogP contribution in [0.3, 0.4) is 0 Å². The van der Waals surface area contributed by atoms with Crippen LogP contribution in [0.15, 0.2) is 78.4 Å². The fourth-order valence-electron chi connectivity index (χ4n) is 7.18. The first kappa shape index (κ1) is 22.8. The van der Waals surface area contributed by atoms with Crippen molar-refractivity contribution in [3.05, 3.63) is 118 Å². The summed E-state index contributed by atoms with van der Waals surface area (Å²) in [5.74, 6) is 0. The summed E-state index contributed by atoms with van der Waals surface area (Å²) in [6.45, 7) is 6.12. The molecule has 2 aromatic heterocycles. The molecule has 0 radical (unpaired) electrons. The van der Waals surface area contributed by atoms with Crippen LogP contribution in [0.4, 0.5) is 0 Å². The number of aryl methyl sites for hydroxylation is 2. The van der Waals surface area contributed by atoms with Crippen molar-refractivity contribution in [2.45, 2.75) is 32.6 Å². The highest BCUT2D eigenvalue weighted by atomic mass is 14.9. The Hall–Kier alpha value is -4.96. The van der Waals surface area contributed by atoms with Crippen molar-refractivity contribution in [2.75, 3.05) is 0 Å². The van der Waals surface area contributed by atoms with Gasteiger partial charge in [0.2, 0.25) is 0 Å². The van der Waals surface area contributed by atoms with Crippen LogP contribution in [0.1, 0.15) is 59.4 Å². The van der Waals surface area contributed by atoms with Crippen LogP contribution in [0.5, 0.6) is 0 Å². The van der Waals surface area contributed by atoms with Gasteiger partial charge in [0.1, 0.15) is 0 Å². The molecule has 0 amide bonds. The van der Waals surface area contributed by atoms with Gasteiger partial charge in [0.25, 0.3) is 0 Å². The SMILES string of the molecule is C=Cc1cccc2c1/C(=C\C)c1nc3c(nc1-2)C=C(C1=Cc2nc4c(nc2CC1)-c1cccc2cccc-4c12)CC3. The minimum absolute atomic E-state index is 0.889. The van der Waals surface area contributed by atoms with Crippen LogP contribution in [0, 0.1) is 0 Å². The molecule has 4 aliphatic rings. The number of fused-ring (bicyclic) bond motifs is 8. The highest BCUT2D eigenvalue weighted by Gasteiger charge is 2.31. The van der Waals surface area contributed by atoms with Crippen LogP contribution >= 0.6 is 0 Å². The Morgan fingerprint density at radius 2 is 1.20 bits per heavy atom. The second-order valence-electron chi connectivity index (χ2n) is 11.2. The van der Waals surface area contributed by atoms with Gasteiger partial charge in [-0.25, -0.2) is 19.9 Å². The second-order valence-corrected chi connectivity index (χ2v) is 11.2. The Kier molecular flexibility index (Phi) is 4.61. The largest absolute Gasteiger partial charge is 0.248 e. The Balaban J connectivity index is 1.13. The quantitative estimate of drug-likeness (QED) is 0.227. The molecule has 2 heterocycles. The summed E-state index contributed by atoms with van der Waals surface area (Å²) < 4.78 is 0. The van der Waals surface area contributed by atoms with E-state index in [1.165, 1.54) is 38.6 Å². The zero-order valence-electron chi connectivity index (χ0n) is 22.8. The lowest BCUT2D eigenvalue weighted by atomic mass is 9.87. The van der Waals surface area contributed by atoms with Gasteiger partial charge in [-0.3, -0.25) is 0 Å². The van der Waals surface area contributed by atoms with Gasteiger partial charge in [-0.15, -0.1) is 0 Å². The molecule has 0 saturated carbocycles. The molecule has 0 fully saturated rings. The van der Waals surface area contributed by atoms with E-state index in [0.717, 1.165) is 87.9 Å². The highest BCUT2D eigenvalue weighted by molar-refractivity contribution is 6.13. The van der Waals surface area contributed by atoms with Crippen LogP contribution < -0.4 is 0 Å². The lowest BCUT2D eigenvalue weighted by Crippen LogP contribution is -2.11. The van der Waals surface area contributed by atoms with Gasteiger partial charge in [0.15, 0.2) is 0 Å². The van der Waals surface area contributed by atoms with Crippen molar-refractivity contribution in [2.24, 2.45) is 0 Å². The molecule has 4 aliphatic carbocycles. The zero-order chi connectivity index (χ0) is 27.2. The number of aromatic nitrogens is 4. The first-order valence-corrected chi connectivity index (χ1v) is 14.4. The summed E-state index contributed by atoms with van der Waals surface area (Å²) in [5.41, 5.74) is 17.9. The molecule has 41 heavy (non-hydrogen) atoms. The van der Waals surface area contributed by atoms with E-state index in [9.17, 15) is 0 Å². The van der Waals surface area contributed by atoms with E-state index in [0.29, 0.717) is 0 Å². The van der Waals surface area contributed by atoms with Crippen LogP contribution in [-0.2, 0) is 12.8 Å². The van der Waals surface area contributed by atoms with Gasteiger partial charge in [0.05, 0.1) is 45.6 Å². The second kappa shape index (κ2) is 8.28. The Labute approximate surface area is 238 Å². The van der Waals surface area contributed by atoms with E-state index in [2.05, 4.69) is 86.3 Å². The third-order valence-corrected chi connectivity index (χ3v) is 9.09. The molecule has 5 aromatic rings. The fraction of sp³-hybridized carbons (Fsp3) is 0.135. The first-order chi connectivity index (χ1) is 20.2. The lowest BCUT2D eigenvalue weighted by molar-refractivity contribution is 0.824. The summed E-state index contributed by atoms with van der Waals surface area (Å²) in [6.07, 6.45) is 12.3. The molecule has 0 N–H and O–H groups in total. The molecule has 9 rings (SSSR count). The van der Waals surface area contributed by atoms with E-state index < -0.39 is 0 Å². The Morgan fingerprint density at radius 1 is 0.634 bits per heavy atom. The molecule has 0 unspecified atom stereocenters. The number of nitrogens with zero attached hydrogens (tertiary/aromatic N) is 4. The number of hydrogen-bond donors (Lipinski definition) is 0.